The van der Waals surface area contributed by atoms with Gasteiger partial charge in [-0.05, 0) is 29.8 Å². The van der Waals surface area contributed by atoms with Crippen molar-refractivity contribution in [3.63, 3.8) is 0 Å². The van der Waals surface area contributed by atoms with Gasteiger partial charge in [0.15, 0.2) is 11.7 Å². The molecule has 9 rings (SSSR count). The molecular weight excluding hydrogens is 603 g/mol. The number of amidine groups is 2. The third-order valence-corrected chi connectivity index (χ3v) is 8.75. The second-order valence-corrected chi connectivity index (χ2v) is 11.9. The van der Waals surface area contributed by atoms with Crippen LogP contribution in [-0.2, 0) is 0 Å². The maximum absolute atomic E-state index is 6.53. The lowest BCUT2D eigenvalue weighted by atomic mass is 10.00. The van der Waals surface area contributed by atoms with Crippen molar-refractivity contribution in [1.82, 2.24) is 15.3 Å². The lowest BCUT2D eigenvalue weighted by molar-refractivity contribution is 0.666. The quantitative estimate of drug-likeness (QED) is 0.198. The van der Waals surface area contributed by atoms with Gasteiger partial charge in [-0.1, -0.05) is 140 Å². The molecule has 1 N–H and O–H groups in total. The molecule has 0 spiro atoms. The second kappa shape index (κ2) is 12.2. The van der Waals surface area contributed by atoms with Crippen LogP contribution >= 0.6 is 0 Å². The number of nitrogens with zero attached hydrogens (tertiary/aromatic N) is 4. The summed E-state index contributed by atoms with van der Waals surface area (Å²) >= 11 is 0. The predicted molar refractivity (Wildman–Crippen MR) is 197 cm³/mol. The van der Waals surface area contributed by atoms with E-state index < -0.39 is 0 Å². The molecule has 0 saturated heterocycles. The molecule has 3 heterocycles. The first-order chi connectivity index (χ1) is 24.3. The van der Waals surface area contributed by atoms with Crippen LogP contribution < -0.4 is 5.32 Å². The molecule has 0 radical (unpaired) electrons. The summed E-state index contributed by atoms with van der Waals surface area (Å²) in [7, 11) is 0. The lowest BCUT2D eigenvalue weighted by Crippen LogP contribution is -2.33. The van der Waals surface area contributed by atoms with E-state index in [1.54, 1.807) is 0 Å². The summed E-state index contributed by atoms with van der Waals surface area (Å²) in [5, 5.41) is 5.57. The molecule has 1 atom stereocenters. The van der Waals surface area contributed by atoms with Crippen LogP contribution in [0.25, 0.3) is 55.8 Å². The van der Waals surface area contributed by atoms with Crippen LogP contribution in [0.3, 0.4) is 0 Å². The summed E-state index contributed by atoms with van der Waals surface area (Å²) in [6.07, 6.45) is -0.332. The lowest BCUT2D eigenvalue weighted by Gasteiger charge is -2.24. The molecule has 6 nitrogen and oxygen atoms in total. The molecule has 6 heteroatoms. The van der Waals surface area contributed by atoms with Gasteiger partial charge in [-0.3, -0.25) is 0 Å². The Morgan fingerprint density at radius 2 is 1.08 bits per heavy atom. The molecule has 0 saturated carbocycles. The number of rotatable bonds is 6. The smallest absolute Gasteiger partial charge is 0.161 e. The van der Waals surface area contributed by atoms with E-state index in [-0.39, 0.29) is 6.17 Å². The zero-order valence-corrected chi connectivity index (χ0v) is 26.4. The van der Waals surface area contributed by atoms with E-state index in [9.17, 15) is 0 Å². The van der Waals surface area contributed by atoms with Crippen LogP contribution in [0.1, 0.15) is 22.9 Å². The monoisotopic (exact) mass is 631 g/mol. The van der Waals surface area contributed by atoms with Crippen molar-refractivity contribution >= 4 is 33.6 Å². The number of benzene rings is 6. The van der Waals surface area contributed by atoms with Gasteiger partial charge >= 0.3 is 0 Å². The average Bonchev–Trinajstić information content (AvgIpc) is 3.57. The Morgan fingerprint density at radius 1 is 0.510 bits per heavy atom. The van der Waals surface area contributed by atoms with E-state index in [1.165, 1.54) is 0 Å². The Kier molecular flexibility index (Phi) is 7.09. The standard InChI is InChI=1S/C43H29N5O/c1-5-15-28(16-6-1)35-27-36(29-17-7-2-8-18-29)45-43(44-35)34-25-32(26-38-39(34)33-23-13-14-24-37(33)49-38)42-47-40(30-19-9-3-10-20-30)46-41(48-42)31-21-11-4-12-22-31/h1-27,40H,(H,46,47,48). The Morgan fingerprint density at radius 3 is 1.73 bits per heavy atom. The van der Waals surface area contributed by atoms with Crippen LogP contribution in [0, 0.1) is 0 Å². The molecule has 1 unspecified atom stereocenters. The third-order valence-electron chi connectivity index (χ3n) is 8.75. The van der Waals surface area contributed by atoms with Gasteiger partial charge < -0.3 is 9.73 Å². The van der Waals surface area contributed by atoms with Crippen LogP contribution in [0.4, 0.5) is 0 Å². The van der Waals surface area contributed by atoms with Crippen molar-refractivity contribution in [2.24, 2.45) is 9.98 Å². The topological polar surface area (TPSA) is 75.7 Å². The molecule has 49 heavy (non-hydrogen) atoms. The number of nitrogens with one attached hydrogen (secondary N) is 1. The van der Waals surface area contributed by atoms with E-state index in [1.807, 2.05) is 103 Å². The SMILES string of the molecule is c1ccc(C2=NC(c3ccccc3)NC(c3cc(-c4nc(-c5ccccc5)cc(-c5ccccc5)n4)c4c(c3)oc3ccccc34)=N2)cc1. The van der Waals surface area contributed by atoms with Gasteiger partial charge in [0.2, 0.25) is 0 Å². The van der Waals surface area contributed by atoms with E-state index in [2.05, 4.69) is 66.0 Å². The van der Waals surface area contributed by atoms with Crippen LogP contribution in [0.5, 0.6) is 0 Å². The molecule has 0 bridgehead atoms. The average molecular weight is 632 g/mol. The number of aromatic nitrogens is 2. The minimum atomic E-state index is -0.332. The number of fused-ring (bicyclic) bond motifs is 3. The number of hydrogen-bond donors (Lipinski definition) is 1. The third kappa shape index (κ3) is 5.45. The predicted octanol–water partition coefficient (Wildman–Crippen LogP) is 9.87. The molecule has 0 aliphatic carbocycles. The largest absolute Gasteiger partial charge is 0.456 e. The van der Waals surface area contributed by atoms with Gasteiger partial charge in [-0.15, -0.1) is 0 Å². The normalized spacial score (nSPS) is 14.3. The highest BCUT2D eigenvalue weighted by Gasteiger charge is 2.24. The highest BCUT2D eigenvalue weighted by atomic mass is 16.3. The Hall–Kier alpha value is -6.66. The van der Waals surface area contributed by atoms with Crippen molar-refractivity contribution in [2.45, 2.75) is 6.17 Å². The maximum atomic E-state index is 6.53. The summed E-state index contributed by atoms with van der Waals surface area (Å²) in [5.74, 6) is 1.95. The molecular formula is C43H29N5O. The number of aliphatic imine (C=N–C) groups is 2. The van der Waals surface area contributed by atoms with E-state index in [0.29, 0.717) is 17.5 Å². The van der Waals surface area contributed by atoms with Gasteiger partial charge in [0.05, 0.1) is 11.4 Å². The zero-order valence-electron chi connectivity index (χ0n) is 26.4. The molecule has 1 aliphatic heterocycles. The van der Waals surface area contributed by atoms with Crippen molar-refractivity contribution < 1.29 is 4.42 Å². The van der Waals surface area contributed by atoms with Crippen molar-refractivity contribution in [3.05, 3.63) is 180 Å². The van der Waals surface area contributed by atoms with Gasteiger partial charge in [-0.25, -0.2) is 20.0 Å². The molecule has 1 aliphatic rings. The van der Waals surface area contributed by atoms with E-state index >= 15 is 0 Å². The molecule has 0 amide bonds. The summed E-state index contributed by atoms with van der Waals surface area (Å²) < 4.78 is 6.53. The Labute approximate surface area is 283 Å². The molecule has 2 aromatic heterocycles. The fraction of sp³-hybridized carbons (Fsp3) is 0.0233. The first-order valence-electron chi connectivity index (χ1n) is 16.3. The van der Waals surface area contributed by atoms with Gasteiger partial charge in [0.25, 0.3) is 0 Å². The van der Waals surface area contributed by atoms with Crippen molar-refractivity contribution in [3.8, 4) is 33.9 Å². The van der Waals surface area contributed by atoms with Crippen molar-refractivity contribution in [1.29, 1.82) is 0 Å². The Bertz CT molecular complexity index is 2450. The fourth-order valence-electron chi connectivity index (χ4n) is 6.37. The summed E-state index contributed by atoms with van der Waals surface area (Å²) in [4.78, 5) is 20.6. The van der Waals surface area contributed by atoms with Crippen LogP contribution in [0.15, 0.2) is 178 Å². The highest BCUT2D eigenvalue weighted by molar-refractivity contribution is 6.17. The zero-order chi connectivity index (χ0) is 32.6. The van der Waals surface area contributed by atoms with Crippen LogP contribution in [-0.4, -0.2) is 21.6 Å². The minimum Gasteiger partial charge on any atom is -0.456 e. The molecule has 8 aromatic rings. The van der Waals surface area contributed by atoms with Gasteiger partial charge in [0.1, 0.15) is 23.2 Å². The van der Waals surface area contributed by atoms with Gasteiger partial charge in [0, 0.05) is 38.6 Å². The Balaban J connectivity index is 1.29. The summed E-state index contributed by atoms with van der Waals surface area (Å²) in [6.45, 7) is 0. The van der Waals surface area contributed by atoms with E-state index in [4.69, 9.17) is 24.4 Å². The van der Waals surface area contributed by atoms with Gasteiger partial charge in [-0.2, -0.15) is 0 Å². The number of hydrogen-bond acceptors (Lipinski definition) is 6. The first kappa shape index (κ1) is 28.6. The molecule has 6 aromatic carbocycles. The summed E-state index contributed by atoms with van der Waals surface area (Å²) in [5.41, 5.74) is 8.93. The molecule has 0 fully saturated rings. The number of para-hydroxylation sites is 1. The maximum Gasteiger partial charge on any atom is 0.161 e. The number of furan rings is 1. The van der Waals surface area contributed by atoms with Crippen molar-refractivity contribution in [2.75, 3.05) is 0 Å². The molecule has 232 valence electrons. The first-order valence-corrected chi connectivity index (χ1v) is 16.3. The minimum absolute atomic E-state index is 0.332. The highest BCUT2D eigenvalue weighted by Crippen LogP contribution is 2.38. The summed E-state index contributed by atoms with van der Waals surface area (Å²) in [6, 6.07) is 55.1. The fourth-order valence-corrected chi connectivity index (χ4v) is 6.37. The van der Waals surface area contributed by atoms with Crippen LogP contribution in [0.2, 0.25) is 0 Å². The second-order valence-electron chi connectivity index (χ2n) is 11.9. The van der Waals surface area contributed by atoms with E-state index in [0.717, 1.165) is 66.7 Å².